The van der Waals surface area contributed by atoms with Crippen molar-refractivity contribution in [3.05, 3.63) is 63.8 Å². The second-order valence-electron chi connectivity index (χ2n) is 6.58. The summed E-state index contributed by atoms with van der Waals surface area (Å²) in [5.74, 6) is -0.546. The van der Waals surface area contributed by atoms with Crippen molar-refractivity contribution in [1.29, 1.82) is 5.26 Å². The van der Waals surface area contributed by atoms with Crippen LogP contribution in [0.3, 0.4) is 0 Å². The van der Waals surface area contributed by atoms with Crippen molar-refractivity contribution in [2.45, 2.75) is 20.8 Å². The third-order valence-electron chi connectivity index (χ3n) is 4.72. The van der Waals surface area contributed by atoms with Crippen molar-refractivity contribution >= 4 is 28.7 Å². The number of benzene rings is 2. The average Bonchev–Trinajstić information content (AvgIpc) is 2.76. The fourth-order valence-electron chi connectivity index (χ4n) is 2.98. The second kappa shape index (κ2) is 12.2. The predicted molar refractivity (Wildman–Crippen MR) is 120 cm³/mol. The Hall–Kier alpha value is -3.77. The molecule has 0 heterocycles. The lowest BCUT2D eigenvalue weighted by molar-refractivity contribution is -0.384. The Morgan fingerprint density at radius 3 is 2.41 bits per heavy atom. The summed E-state index contributed by atoms with van der Waals surface area (Å²) in [5.41, 5.74) is 2.73. The van der Waals surface area contributed by atoms with E-state index in [1.54, 1.807) is 0 Å². The number of nitrogens with zero attached hydrogens (tertiary/aromatic N) is 3. The maximum Gasteiger partial charge on any atom is 0.273 e. The van der Waals surface area contributed by atoms with Gasteiger partial charge in [-0.05, 0) is 50.6 Å². The highest BCUT2D eigenvalue weighted by Gasteiger charge is 2.16. The number of methoxy groups -OCH3 is 1. The van der Waals surface area contributed by atoms with Crippen LogP contribution in [0.25, 0.3) is 0 Å². The number of non-ortho nitro benzene ring substituents is 1. The number of rotatable bonds is 9. The zero-order valence-electron chi connectivity index (χ0n) is 18.3. The fraction of sp³-hybridized carbons (Fsp3) is 0.273. The van der Waals surface area contributed by atoms with Gasteiger partial charge in [0.2, 0.25) is 0 Å². The van der Waals surface area contributed by atoms with E-state index in [0.717, 1.165) is 30.0 Å². The first-order valence-corrected chi connectivity index (χ1v) is 9.70. The molecule has 0 aliphatic heterocycles. The summed E-state index contributed by atoms with van der Waals surface area (Å²) in [6.07, 6.45) is 1.33. The van der Waals surface area contributed by atoms with Gasteiger partial charge >= 0.3 is 0 Å². The van der Waals surface area contributed by atoms with E-state index in [4.69, 9.17) is 4.74 Å². The molecule has 2 N–H and O–H groups in total. The van der Waals surface area contributed by atoms with Gasteiger partial charge in [0.15, 0.2) is 0 Å². The molecule has 0 fully saturated rings. The standard InChI is InChI=1S/C22H25N5O4.ClH/c1-5-26(6-2)17-7-9-19(15(3)11-17)24-14-16(13-23)22(28)25-20-10-8-18(27(29)30)12-21(20)31-4;/h7-12,14,24H,5-6H2,1-4H3,(H,25,28);1H/p-1/b16-14-;. The van der Waals surface area contributed by atoms with Gasteiger partial charge in [0.05, 0.1) is 23.8 Å². The molecule has 10 heteroatoms. The number of ether oxygens (including phenoxy) is 1. The van der Waals surface area contributed by atoms with Gasteiger partial charge in [-0.3, -0.25) is 14.9 Å². The largest absolute Gasteiger partial charge is 1.00 e. The Balaban J connectivity index is 0.00000512. The molecule has 2 aromatic rings. The van der Waals surface area contributed by atoms with E-state index in [9.17, 15) is 20.2 Å². The highest BCUT2D eigenvalue weighted by molar-refractivity contribution is 6.07. The Morgan fingerprint density at radius 2 is 1.88 bits per heavy atom. The monoisotopic (exact) mass is 458 g/mol. The molecule has 0 aliphatic rings. The van der Waals surface area contributed by atoms with Crippen LogP contribution >= 0.6 is 0 Å². The number of halogens is 1. The zero-order chi connectivity index (χ0) is 23.0. The van der Waals surface area contributed by atoms with Crippen LogP contribution in [0.1, 0.15) is 19.4 Å². The number of hydrogen-bond acceptors (Lipinski definition) is 7. The number of amides is 1. The molecule has 1 amide bonds. The van der Waals surface area contributed by atoms with E-state index in [1.165, 1.54) is 31.5 Å². The van der Waals surface area contributed by atoms with Crippen LogP contribution < -0.4 is 32.7 Å². The third kappa shape index (κ3) is 6.36. The molecule has 0 bridgehead atoms. The van der Waals surface area contributed by atoms with Gasteiger partial charge in [-0.2, -0.15) is 5.26 Å². The molecule has 2 rings (SSSR count). The summed E-state index contributed by atoms with van der Waals surface area (Å²) in [7, 11) is 1.34. The quantitative estimate of drug-likeness (QED) is 0.251. The van der Waals surface area contributed by atoms with Crippen LogP contribution in [0.5, 0.6) is 5.75 Å². The molecule has 9 nitrogen and oxygen atoms in total. The van der Waals surface area contributed by atoms with E-state index < -0.39 is 10.8 Å². The summed E-state index contributed by atoms with van der Waals surface area (Å²) in [6, 6.07) is 11.6. The normalized spacial score (nSPS) is 10.4. The summed E-state index contributed by atoms with van der Waals surface area (Å²) in [5, 5.41) is 25.8. The molecule has 0 aromatic heterocycles. The highest BCUT2D eigenvalue weighted by Crippen LogP contribution is 2.29. The maximum absolute atomic E-state index is 12.5. The first-order valence-electron chi connectivity index (χ1n) is 9.70. The fourth-order valence-corrected chi connectivity index (χ4v) is 2.98. The van der Waals surface area contributed by atoms with Gasteiger partial charge < -0.3 is 32.7 Å². The second-order valence-corrected chi connectivity index (χ2v) is 6.58. The Bertz CT molecular complexity index is 1050. The lowest BCUT2D eigenvalue weighted by Crippen LogP contribution is -3.00. The number of carbonyl (C=O) groups excluding carboxylic acids is 1. The molecule has 0 atom stereocenters. The van der Waals surface area contributed by atoms with Crippen molar-refractivity contribution in [2.75, 3.05) is 35.7 Å². The van der Waals surface area contributed by atoms with Gasteiger partial charge in [-0.15, -0.1) is 0 Å². The van der Waals surface area contributed by atoms with Gasteiger partial charge in [-0.25, -0.2) is 0 Å². The molecule has 2 aromatic carbocycles. The van der Waals surface area contributed by atoms with Crippen molar-refractivity contribution in [1.82, 2.24) is 0 Å². The number of nitriles is 1. The molecule has 0 unspecified atom stereocenters. The number of carbonyl (C=O) groups is 1. The average molecular weight is 459 g/mol. The molecule has 0 saturated heterocycles. The first kappa shape index (κ1) is 26.3. The molecule has 0 aliphatic carbocycles. The third-order valence-corrected chi connectivity index (χ3v) is 4.72. The van der Waals surface area contributed by atoms with Crippen LogP contribution in [0, 0.1) is 28.4 Å². The molecule has 32 heavy (non-hydrogen) atoms. The zero-order valence-corrected chi connectivity index (χ0v) is 19.1. The van der Waals surface area contributed by atoms with Crippen LogP contribution in [0.15, 0.2) is 48.2 Å². The number of anilines is 3. The van der Waals surface area contributed by atoms with E-state index in [1.807, 2.05) is 31.2 Å². The molecule has 0 saturated carbocycles. The number of aryl methyl sites for hydroxylation is 1. The van der Waals surface area contributed by atoms with E-state index in [-0.39, 0.29) is 35.1 Å². The lowest BCUT2D eigenvalue weighted by Gasteiger charge is -2.22. The molecule has 0 radical (unpaired) electrons. The van der Waals surface area contributed by atoms with Crippen LogP contribution in [-0.2, 0) is 4.79 Å². The summed E-state index contributed by atoms with van der Waals surface area (Å²) >= 11 is 0. The summed E-state index contributed by atoms with van der Waals surface area (Å²) < 4.78 is 5.10. The SMILES string of the molecule is CCN(CC)c1ccc(N/C=C(/C#N)C(=O)Nc2ccc([N+](=O)[O-])cc2OC)c(C)c1.[Cl-]. The van der Waals surface area contributed by atoms with Crippen LogP contribution in [-0.4, -0.2) is 31.0 Å². The van der Waals surface area contributed by atoms with Crippen molar-refractivity contribution in [3.8, 4) is 11.8 Å². The van der Waals surface area contributed by atoms with Crippen molar-refractivity contribution < 1.29 is 26.9 Å². The number of hydrogen-bond donors (Lipinski definition) is 2. The summed E-state index contributed by atoms with van der Waals surface area (Å²) in [6.45, 7) is 7.91. The van der Waals surface area contributed by atoms with Crippen LogP contribution in [0.4, 0.5) is 22.7 Å². The Morgan fingerprint density at radius 1 is 1.22 bits per heavy atom. The van der Waals surface area contributed by atoms with E-state index in [2.05, 4.69) is 29.4 Å². The topological polar surface area (TPSA) is 121 Å². The van der Waals surface area contributed by atoms with Gasteiger partial charge in [0, 0.05) is 36.7 Å². The number of nitro benzene ring substituents is 1. The Kier molecular flexibility index (Phi) is 9.99. The molecule has 170 valence electrons. The number of nitro groups is 1. The minimum Gasteiger partial charge on any atom is -1.00 e. The van der Waals surface area contributed by atoms with Crippen LogP contribution in [0.2, 0.25) is 0 Å². The highest BCUT2D eigenvalue weighted by atomic mass is 35.5. The van der Waals surface area contributed by atoms with Gasteiger partial charge in [0.25, 0.3) is 11.6 Å². The van der Waals surface area contributed by atoms with Crippen molar-refractivity contribution in [2.24, 2.45) is 0 Å². The maximum atomic E-state index is 12.5. The molecular formula is C22H25ClN5O4-. The van der Waals surface area contributed by atoms with E-state index in [0.29, 0.717) is 0 Å². The van der Waals surface area contributed by atoms with Gasteiger partial charge in [0.1, 0.15) is 17.4 Å². The molecule has 0 spiro atoms. The molecular weight excluding hydrogens is 434 g/mol. The van der Waals surface area contributed by atoms with Crippen molar-refractivity contribution in [3.63, 3.8) is 0 Å². The predicted octanol–water partition coefficient (Wildman–Crippen LogP) is 1.22. The lowest BCUT2D eigenvalue weighted by atomic mass is 10.1. The van der Waals surface area contributed by atoms with E-state index >= 15 is 0 Å². The smallest absolute Gasteiger partial charge is 0.273 e. The minimum atomic E-state index is -0.667. The first-order chi connectivity index (χ1) is 14.8. The number of nitrogens with one attached hydrogen (secondary N) is 2. The summed E-state index contributed by atoms with van der Waals surface area (Å²) in [4.78, 5) is 25.1. The minimum absolute atomic E-state index is 0. The Labute approximate surface area is 193 Å². The van der Waals surface area contributed by atoms with Gasteiger partial charge in [-0.1, -0.05) is 0 Å².